The molecule has 3 aromatic rings. The van der Waals surface area contributed by atoms with Crippen molar-refractivity contribution in [3.63, 3.8) is 0 Å². The van der Waals surface area contributed by atoms with Crippen molar-refractivity contribution in [2.24, 2.45) is 0 Å². The second kappa shape index (κ2) is 9.09. The van der Waals surface area contributed by atoms with Gasteiger partial charge in [-0.2, -0.15) is 0 Å². The third-order valence-corrected chi connectivity index (χ3v) is 5.83. The third-order valence-electron chi connectivity index (χ3n) is 5.59. The topological polar surface area (TPSA) is 96.7 Å². The van der Waals surface area contributed by atoms with E-state index < -0.39 is 5.60 Å². The second-order valence-corrected chi connectivity index (χ2v) is 9.73. The lowest BCUT2D eigenvalue weighted by Gasteiger charge is -2.40. The maximum absolute atomic E-state index is 12.6. The van der Waals surface area contributed by atoms with Crippen LogP contribution < -0.4 is 9.80 Å². The van der Waals surface area contributed by atoms with Crippen LogP contribution in [0, 0.1) is 0 Å². The fourth-order valence-electron chi connectivity index (χ4n) is 4.03. The minimum Gasteiger partial charge on any atom is -0.444 e. The van der Waals surface area contributed by atoms with Crippen LogP contribution in [0.25, 0.3) is 16.9 Å². The van der Waals surface area contributed by atoms with Crippen LogP contribution in [0.15, 0.2) is 30.9 Å². The molecule has 0 bridgehead atoms. The first-order valence-electron chi connectivity index (χ1n) is 11.0. The fraction of sp³-hybridized carbons (Fsp3) is 0.435. The van der Waals surface area contributed by atoms with Gasteiger partial charge in [-0.05, 0) is 33.8 Å². The van der Waals surface area contributed by atoms with Gasteiger partial charge in [-0.15, -0.1) is 0 Å². The predicted molar refractivity (Wildman–Crippen MR) is 131 cm³/mol. The SMILES string of the molecule is CC1CN(c2ncnc3c2c(N(C)C=O)cn3-c2cc(Cl)ccn2)CCN1C(=O)OC(C)(C)C. The molecule has 0 N–H and O–H groups in total. The number of carbonyl (C=O) groups excluding carboxylic acids is 2. The summed E-state index contributed by atoms with van der Waals surface area (Å²) >= 11 is 6.19. The number of rotatable bonds is 4. The Morgan fingerprint density at radius 2 is 2.03 bits per heavy atom. The number of ether oxygens (including phenoxy) is 1. The number of pyridine rings is 1. The molecular formula is C23H28ClN7O3. The molecule has 4 rings (SSSR count). The van der Waals surface area contributed by atoms with Crippen molar-refractivity contribution in [1.29, 1.82) is 0 Å². The van der Waals surface area contributed by atoms with Crippen molar-refractivity contribution in [3.05, 3.63) is 35.9 Å². The van der Waals surface area contributed by atoms with Crippen LogP contribution >= 0.6 is 11.6 Å². The highest BCUT2D eigenvalue weighted by atomic mass is 35.5. The summed E-state index contributed by atoms with van der Waals surface area (Å²) in [5.41, 5.74) is 0.688. The zero-order valence-corrected chi connectivity index (χ0v) is 20.7. The van der Waals surface area contributed by atoms with E-state index in [-0.39, 0.29) is 12.1 Å². The molecule has 3 aromatic heterocycles. The zero-order chi connectivity index (χ0) is 24.6. The Hall–Kier alpha value is -3.40. The lowest BCUT2D eigenvalue weighted by Crippen LogP contribution is -2.55. The van der Waals surface area contributed by atoms with Crippen molar-refractivity contribution in [3.8, 4) is 5.82 Å². The molecule has 2 amide bonds. The van der Waals surface area contributed by atoms with Gasteiger partial charge in [0, 0.05) is 56.2 Å². The molecule has 1 saturated heterocycles. The summed E-state index contributed by atoms with van der Waals surface area (Å²) in [5.74, 6) is 1.26. The van der Waals surface area contributed by atoms with Crippen LogP contribution in [0.2, 0.25) is 5.02 Å². The molecule has 0 saturated carbocycles. The van der Waals surface area contributed by atoms with Gasteiger partial charge in [-0.25, -0.2) is 19.7 Å². The molecule has 0 aliphatic carbocycles. The van der Waals surface area contributed by atoms with Crippen molar-refractivity contribution in [2.45, 2.75) is 39.3 Å². The van der Waals surface area contributed by atoms with E-state index in [0.717, 1.165) is 11.8 Å². The largest absolute Gasteiger partial charge is 0.444 e. The Kier molecular flexibility index (Phi) is 6.35. The fourth-order valence-corrected chi connectivity index (χ4v) is 4.19. The van der Waals surface area contributed by atoms with Crippen molar-refractivity contribution in [2.75, 3.05) is 36.5 Å². The molecule has 11 heteroatoms. The highest BCUT2D eigenvalue weighted by molar-refractivity contribution is 6.30. The summed E-state index contributed by atoms with van der Waals surface area (Å²) in [6, 6.07) is 3.33. The number of piperazine rings is 1. The highest BCUT2D eigenvalue weighted by Gasteiger charge is 2.33. The van der Waals surface area contributed by atoms with Gasteiger partial charge < -0.3 is 19.4 Å². The van der Waals surface area contributed by atoms with Crippen molar-refractivity contribution in [1.82, 2.24) is 24.4 Å². The standard InChI is InChI=1S/C23H28ClN7O3/c1-15-11-29(8-9-30(15)22(33)34-23(2,3)4)20-19-17(28(5)14-32)12-31(21(19)27-13-26-20)18-10-16(24)6-7-25-18/h6-7,10,12-15H,8-9,11H2,1-5H3. The van der Waals surface area contributed by atoms with Crippen LogP contribution in [0.3, 0.4) is 0 Å². The van der Waals surface area contributed by atoms with E-state index >= 15 is 0 Å². The summed E-state index contributed by atoms with van der Waals surface area (Å²) < 4.78 is 7.36. The van der Waals surface area contributed by atoms with E-state index in [1.165, 1.54) is 11.2 Å². The smallest absolute Gasteiger partial charge is 0.410 e. The predicted octanol–water partition coefficient (Wildman–Crippen LogP) is 3.51. The van der Waals surface area contributed by atoms with E-state index in [4.69, 9.17) is 16.3 Å². The number of anilines is 2. The summed E-state index contributed by atoms with van der Waals surface area (Å²) in [6.07, 6.45) is 5.33. The minimum atomic E-state index is -0.557. The first kappa shape index (κ1) is 23.7. The lowest BCUT2D eigenvalue weighted by molar-refractivity contribution is -0.107. The quantitative estimate of drug-likeness (QED) is 0.521. The average molecular weight is 486 g/mol. The number of halogens is 1. The number of carbonyl (C=O) groups is 2. The van der Waals surface area contributed by atoms with Gasteiger partial charge in [-0.1, -0.05) is 11.6 Å². The number of hydrogen-bond donors (Lipinski definition) is 0. The molecule has 10 nitrogen and oxygen atoms in total. The normalized spacial score (nSPS) is 16.6. The first-order chi connectivity index (χ1) is 16.1. The van der Waals surface area contributed by atoms with E-state index in [1.54, 1.807) is 41.0 Å². The average Bonchev–Trinajstić information content (AvgIpc) is 3.17. The third kappa shape index (κ3) is 4.63. The molecule has 1 fully saturated rings. The maximum Gasteiger partial charge on any atom is 0.410 e. The van der Waals surface area contributed by atoms with Crippen LogP contribution in [0.1, 0.15) is 27.7 Å². The summed E-state index contributed by atoms with van der Waals surface area (Å²) in [7, 11) is 1.68. The molecule has 4 heterocycles. The van der Waals surface area contributed by atoms with E-state index in [9.17, 15) is 9.59 Å². The lowest BCUT2D eigenvalue weighted by atomic mass is 10.1. The Morgan fingerprint density at radius 3 is 2.68 bits per heavy atom. The Labute approximate surface area is 203 Å². The van der Waals surface area contributed by atoms with Gasteiger partial charge in [0.25, 0.3) is 0 Å². The summed E-state index contributed by atoms with van der Waals surface area (Å²) in [6.45, 7) is 9.14. The van der Waals surface area contributed by atoms with Gasteiger partial charge in [0.1, 0.15) is 23.6 Å². The Morgan fingerprint density at radius 1 is 1.26 bits per heavy atom. The number of hydrogen-bond acceptors (Lipinski definition) is 7. The molecule has 1 aliphatic rings. The molecule has 0 radical (unpaired) electrons. The molecule has 1 aliphatic heterocycles. The number of amides is 2. The van der Waals surface area contributed by atoms with Gasteiger partial charge in [0.15, 0.2) is 5.65 Å². The van der Waals surface area contributed by atoms with Gasteiger partial charge in [-0.3, -0.25) is 9.36 Å². The van der Waals surface area contributed by atoms with E-state index in [2.05, 4.69) is 19.9 Å². The summed E-state index contributed by atoms with van der Waals surface area (Å²) in [5, 5.41) is 1.26. The van der Waals surface area contributed by atoms with Crippen LogP contribution in [0.4, 0.5) is 16.3 Å². The number of aromatic nitrogens is 4. The minimum absolute atomic E-state index is 0.0995. The molecular weight excluding hydrogens is 458 g/mol. The maximum atomic E-state index is 12.6. The molecule has 34 heavy (non-hydrogen) atoms. The highest BCUT2D eigenvalue weighted by Crippen LogP contribution is 2.36. The van der Waals surface area contributed by atoms with Gasteiger partial charge in [0.2, 0.25) is 6.41 Å². The van der Waals surface area contributed by atoms with E-state index in [1.807, 2.05) is 27.7 Å². The van der Waals surface area contributed by atoms with Crippen molar-refractivity contribution < 1.29 is 14.3 Å². The van der Waals surface area contributed by atoms with Gasteiger partial charge in [0.05, 0.1) is 11.1 Å². The Balaban J connectivity index is 1.73. The zero-order valence-electron chi connectivity index (χ0n) is 19.9. The Bertz CT molecular complexity index is 1220. The van der Waals surface area contributed by atoms with Crippen LogP contribution in [-0.4, -0.2) is 75.2 Å². The summed E-state index contributed by atoms with van der Waals surface area (Å²) in [4.78, 5) is 43.1. The van der Waals surface area contributed by atoms with Crippen molar-refractivity contribution >= 4 is 46.6 Å². The molecule has 180 valence electrons. The second-order valence-electron chi connectivity index (χ2n) is 9.30. The first-order valence-corrected chi connectivity index (χ1v) is 11.4. The number of fused-ring (bicyclic) bond motifs is 1. The van der Waals surface area contributed by atoms with Gasteiger partial charge >= 0.3 is 6.09 Å². The van der Waals surface area contributed by atoms with Crippen LogP contribution in [0.5, 0.6) is 0 Å². The number of nitrogens with zero attached hydrogens (tertiary/aromatic N) is 7. The van der Waals surface area contributed by atoms with Crippen LogP contribution in [-0.2, 0) is 9.53 Å². The molecule has 1 unspecified atom stereocenters. The molecule has 0 aromatic carbocycles. The molecule has 0 spiro atoms. The van der Waals surface area contributed by atoms with E-state index in [0.29, 0.717) is 47.6 Å². The molecule has 1 atom stereocenters. The monoisotopic (exact) mass is 485 g/mol.